The van der Waals surface area contributed by atoms with Crippen molar-refractivity contribution in [2.75, 3.05) is 25.0 Å². The van der Waals surface area contributed by atoms with Gasteiger partial charge in [-0.25, -0.2) is 0 Å². The Bertz CT molecular complexity index is 802. The highest BCUT2D eigenvalue weighted by Gasteiger charge is 2.29. The fourth-order valence-corrected chi connectivity index (χ4v) is 3.83. The lowest BCUT2D eigenvalue weighted by Crippen LogP contribution is -2.43. The van der Waals surface area contributed by atoms with E-state index in [0.29, 0.717) is 35.8 Å². The first kappa shape index (κ1) is 19.1. The largest absolute Gasteiger partial charge is 0.352 e. The van der Waals surface area contributed by atoms with Gasteiger partial charge in [-0.2, -0.15) is 0 Å². The number of likely N-dealkylation sites (tertiary alicyclic amines) is 1. The van der Waals surface area contributed by atoms with Gasteiger partial charge in [-0.3, -0.25) is 14.4 Å². The van der Waals surface area contributed by atoms with Crippen molar-refractivity contribution in [3.05, 3.63) is 52.2 Å². The Balaban J connectivity index is 1.59. The summed E-state index contributed by atoms with van der Waals surface area (Å²) in [6, 6.07) is 10.5. The standard InChI is InChI=1S/C20H23N3O3S/c1-2-21-18(24)14-7-9-16(10-8-14)22-19(25)15-5-3-11-23(13-15)20(26)17-6-4-12-27-17/h4,6-10,12,15H,2-3,5,11,13H2,1H3,(H,21,24)(H,22,25). The van der Waals surface area contributed by atoms with Crippen LogP contribution in [0.5, 0.6) is 0 Å². The predicted octanol–water partition coefficient (Wildman–Crippen LogP) is 2.99. The maximum atomic E-state index is 12.6. The molecule has 3 amide bonds. The van der Waals surface area contributed by atoms with Crippen molar-refractivity contribution in [1.82, 2.24) is 10.2 Å². The summed E-state index contributed by atoms with van der Waals surface area (Å²) >= 11 is 1.42. The van der Waals surface area contributed by atoms with Crippen molar-refractivity contribution < 1.29 is 14.4 Å². The van der Waals surface area contributed by atoms with Crippen LogP contribution in [0.2, 0.25) is 0 Å². The summed E-state index contributed by atoms with van der Waals surface area (Å²) in [6.07, 6.45) is 1.57. The number of hydrogen-bond acceptors (Lipinski definition) is 4. The van der Waals surface area contributed by atoms with E-state index in [1.165, 1.54) is 11.3 Å². The Kier molecular flexibility index (Phi) is 6.24. The molecule has 1 fully saturated rings. The zero-order valence-electron chi connectivity index (χ0n) is 15.2. The molecule has 142 valence electrons. The van der Waals surface area contributed by atoms with Gasteiger partial charge in [0.15, 0.2) is 0 Å². The third-order valence-electron chi connectivity index (χ3n) is 4.56. The maximum Gasteiger partial charge on any atom is 0.263 e. The van der Waals surface area contributed by atoms with E-state index in [2.05, 4.69) is 10.6 Å². The predicted molar refractivity (Wildman–Crippen MR) is 106 cm³/mol. The third kappa shape index (κ3) is 4.74. The monoisotopic (exact) mass is 385 g/mol. The number of nitrogens with one attached hydrogen (secondary N) is 2. The van der Waals surface area contributed by atoms with E-state index in [9.17, 15) is 14.4 Å². The molecule has 1 aliphatic heterocycles. The Labute approximate surface area is 162 Å². The summed E-state index contributed by atoms with van der Waals surface area (Å²) < 4.78 is 0. The van der Waals surface area contributed by atoms with Crippen LogP contribution in [0, 0.1) is 5.92 Å². The van der Waals surface area contributed by atoms with Crippen molar-refractivity contribution in [1.29, 1.82) is 0 Å². The molecule has 0 spiro atoms. The molecular weight excluding hydrogens is 362 g/mol. The minimum atomic E-state index is -0.231. The maximum absolute atomic E-state index is 12.6. The summed E-state index contributed by atoms with van der Waals surface area (Å²) in [5.41, 5.74) is 1.20. The van der Waals surface area contributed by atoms with Crippen molar-refractivity contribution in [2.24, 2.45) is 5.92 Å². The first-order chi connectivity index (χ1) is 13.1. The fraction of sp³-hybridized carbons (Fsp3) is 0.350. The molecule has 0 radical (unpaired) electrons. The van der Waals surface area contributed by atoms with Crippen LogP contribution in [-0.4, -0.2) is 42.3 Å². The molecule has 1 atom stereocenters. The zero-order chi connectivity index (χ0) is 19.2. The second-order valence-electron chi connectivity index (χ2n) is 6.49. The van der Waals surface area contributed by atoms with Gasteiger partial charge in [-0.1, -0.05) is 6.07 Å². The number of nitrogens with zero attached hydrogens (tertiary/aromatic N) is 1. The number of piperidine rings is 1. The molecule has 7 heteroatoms. The molecule has 1 saturated heterocycles. The lowest BCUT2D eigenvalue weighted by Gasteiger charge is -2.31. The second kappa shape index (κ2) is 8.81. The molecule has 3 rings (SSSR count). The van der Waals surface area contributed by atoms with E-state index >= 15 is 0 Å². The number of carbonyl (C=O) groups is 3. The van der Waals surface area contributed by atoms with Crippen molar-refractivity contribution in [3.63, 3.8) is 0 Å². The SMILES string of the molecule is CCNC(=O)c1ccc(NC(=O)C2CCCN(C(=O)c3cccs3)C2)cc1. The molecule has 2 aromatic rings. The van der Waals surface area contributed by atoms with Gasteiger partial charge >= 0.3 is 0 Å². The third-order valence-corrected chi connectivity index (χ3v) is 5.42. The van der Waals surface area contributed by atoms with E-state index in [1.807, 2.05) is 24.4 Å². The number of anilines is 1. The van der Waals surface area contributed by atoms with Crippen LogP contribution in [0.4, 0.5) is 5.69 Å². The van der Waals surface area contributed by atoms with Crippen LogP contribution in [0.3, 0.4) is 0 Å². The van der Waals surface area contributed by atoms with Crippen LogP contribution in [0.25, 0.3) is 0 Å². The normalized spacial score (nSPS) is 16.6. The van der Waals surface area contributed by atoms with Gasteiger partial charge in [0, 0.05) is 30.9 Å². The van der Waals surface area contributed by atoms with Crippen LogP contribution in [0.15, 0.2) is 41.8 Å². The quantitative estimate of drug-likeness (QED) is 0.830. The van der Waals surface area contributed by atoms with Gasteiger partial charge in [0.05, 0.1) is 10.8 Å². The van der Waals surface area contributed by atoms with Gasteiger partial charge in [0.25, 0.3) is 11.8 Å². The number of amides is 3. The molecule has 1 aliphatic rings. The molecule has 0 aliphatic carbocycles. The molecule has 1 unspecified atom stereocenters. The van der Waals surface area contributed by atoms with Gasteiger partial charge in [-0.05, 0) is 55.5 Å². The molecule has 27 heavy (non-hydrogen) atoms. The van der Waals surface area contributed by atoms with E-state index in [-0.39, 0.29) is 23.6 Å². The molecule has 1 aromatic carbocycles. The summed E-state index contributed by atoms with van der Waals surface area (Å²) in [7, 11) is 0. The van der Waals surface area contributed by atoms with Gasteiger partial charge in [0.2, 0.25) is 5.91 Å². The highest BCUT2D eigenvalue weighted by molar-refractivity contribution is 7.12. The molecular formula is C20H23N3O3S. The van der Waals surface area contributed by atoms with Crippen LogP contribution >= 0.6 is 11.3 Å². The summed E-state index contributed by atoms with van der Waals surface area (Å²) in [4.78, 5) is 39.4. The fourth-order valence-electron chi connectivity index (χ4n) is 3.14. The summed E-state index contributed by atoms with van der Waals surface area (Å²) in [5, 5.41) is 7.52. The number of carbonyl (C=O) groups excluding carboxylic acids is 3. The Morgan fingerprint density at radius 1 is 1.19 bits per heavy atom. The van der Waals surface area contributed by atoms with Crippen molar-refractivity contribution in [2.45, 2.75) is 19.8 Å². The summed E-state index contributed by atoms with van der Waals surface area (Å²) in [5.74, 6) is -0.464. The number of rotatable bonds is 5. The minimum absolute atomic E-state index is 0.00575. The first-order valence-electron chi connectivity index (χ1n) is 9.10. The number of thiophene rings is 1. The zero-order valence-corrected chi connectivity index (χ0v) is 16.1. The van der Waals surface area contributed by atoms with E-state index in [4.69, 9.17) is 0 Å². The number of benzene rings is 1. The topological polar surface area (TPSA) is 78.5 Å². The Morgan fingerprint density at radius 3 is 2.63 bits per heavy atom. The highest BCUT2D eigenvalue weighted by atomic mass is 32.1. The highest BCUT2D eigenvalue weighted by Crippen LogP contribution is 2.22. The van der Waals surface area contributed by atoms with Crippen molar-refractivity contribution >= 4 is 34.7 Å². The first-order valence-corrected chi connectivity index (χ1v) is 9.98. The van der Waals surface area contributed by atoms with E-state index in [1.54, 1.807) is 29.2 Å². The molecule has 2 heterocycles. The Hall–Kier alpha value is -2.67. The molecule has 0 saturated carbocycles. The van der Waals surface area contributed by atoms with Crippen molar-refractivity contribution in [3.8, 4) is 0 Å². The van der Waals surface area contributed by atoms with Gasteiger partial charge < -0.3 is 15.5 Å². The molecule has 2 N–H and O–H groups in total. The number of hydrogen-bond donors (Lipinski definition) is 2. The summed E-state index contributed by atoms with van der Waals surface area (Å²) in [6.45, 7) is 3.55. The average Bonchev–Trinajstić information content (AvgIpc) is 3.23. The second-order valence-corrected chi connectivity index (χ2v) is 7.44. The lowest BCUT2D eigenvalue weighted by atomic mass is 9.96. The van der Waals surface area contributed by atoms with Gasteiger partial charge in [-0.15, -0.1) is 11.3 Å². The van der Waals surface area contributed by atoms with Crippen LogP contribution in [-0.2, 0) is 4.79 Å². The smallest absolute Gasteiger partial charge is 0.263 e. The Morgan fingerprint density at radius 2 is 1.96 bits per heavy atom. The van der Waals surface area contributed by atoms with E-state index < -0.39 is 0 Å². The average molecular weight is 385 g/mol. The lowest BCUT2D eigenvalue weighted by molar-refractivity contribution is -0.121. The molecule has 0 bridgehead atoms. The molecule has 6 nitrogen and oxygen atoms in total. The molecule has 1 aromatic heterocycles. The van der Waals surface area contributed by atoms with Crippen LogP contribution in [0.1, 0.15) is 39.8 Å². The minimum Gasteiger partial charge on any atom is -0.352 e. The van der Waals surface area contributed by atoms with Gasteiger partial charge in [0.1, 0.15) is 0 Å². The van der Waals surface area contributed by atoms with Crippen LogP contribution < -0.4 is 10.6 Å². The van der Waals surface area contributed by atoms with E-state index in [0.717, 1.165) is 12.8 Å².